The van der Waals surface area contributed by atoms with Gasteiger partial charge in [0.05, 0.1) is 0 Å². The largest absolute Gasteiger partial charge is 0.333 e. The molecule has 3 fully saturated rings. The highest BCUT2D eigenvalue weighted by Gasteiger charge is 2.40. The van der Waals surface area contributed by atoms with Gasteiger partial charge in [-0.3, -0.25) is 9.47 Å². The molecule has 3 aliphatic heterocycles. The van der Waals surface area contributed by atoms with Gasteiger partial charge >= 0.3 is 6.03 Å². The van der Waals surface area contributed by atoms with Gasteiger partial charge in [-0.25, -0.2) is 4.79 Å². The Morgan fingerprint density at radius 2 is 1.92 bits per heavy atom. The summed E-state index contributed by atoms with van der Waals surface area (Å²) in [5.74, 6) is 0.625. The number of nitrogens with zero attached hydrogens (tertiary/aromatic N) is 2. The lowest BCUT2D eigenvalue weighted by molar-refractivity contribution is 0.0267. The Morgan fingerprint density at radius 1 is 1.17 bits per heavy atom. The summed E-state index contributed by atoms with van der Waals surface area (Å²) >= 11 is 0. The van der Waals surface area contributed by atoms with Gasteiger partial charge in [0, 0.05) is 30.0 Å². The molecular weight excluding hydrogens is 298 g/mol. The molecule has 0 radical (unpaired) electrons. The van der Waals surface area contributed by atoms with E-state index in [1.54, 1.807) is 4.57 Å². The molecule has 3 aliphatic rings. The number of benzene rings is 1. The van der Waals surface area contributed by atoms with Gasteiger partial charge in [0.1, 0.15) is 0 Å². The normalized spacial score (nSPS) is 28.8. The maximum Gasteiger partial charge on any atom is 0.325 e. The zero-order valence-electron chi connectivity index (χ0n) is 14.4. The Balaban J connectivity index is 1.51. The molecule has 126 valence electrons. The first kappa shape index (κ1) is 15.5. The number of fused-ring (bicyclic) bond motifs is 3. The summed E-state index contributed by atoms with van der Waals surface area (Å²) < 4.78 is 1.69. The Morgan fingerprint density at radius 3 is 2.62 bits per heavy atom. The first-order chi connectivity index (χ1) is 11.6. The van der Waals surface area contributed by atoms with Crippen LogP contribution in [-0.4, -0.2) is 40.7 Å². The average Bonchev–Trinajstić information content (AvgIpc) is 3.09. The molecule has 5 rings (SSSR count). The maximum absolute atomic E-state index is 12.7. The van der Waals surface area contributed by atoms with Crippen LogP contribution in [-0.2, 0) is 0 Å². The Kier molecular flexibility index (Phi) is 3.93. The number of carbonyl (C=O) groups is 1. The van der Waals surface area contributed by atoms with E-state index in [9.17, 15) is 4.79 Å². The van der Waals surface area contributed by atoms with Crippen molar-refractivity contribution >= 4 is 6.03 Å². The minimum Gasteiger partial charge on any atom is -0.333 e. The minimum absolute atomic E-state index is 0.0135. The molecular formula is C20H25N3O. The van der Waals surface area contributed by atoms with Crippen LogP contribution in [0.2, 0.25) is 0 Å². The van der Waals surface area contributed by atoms with E-state index in [0.717, 1.165) is 5.56 Å². The number of aromatic nitrogens is 1. The second-order valence-electron chi connectivity index (χ2n) is 7.21. The number of rotatable bonds is 2. The van der Waals surface area contributed by atoms with Crippen LogP contribution in [0.15, 0.2) is 42.7 Å². The molecule has 1 amide bonds. The third-order valence-electron chi connectivity index (χ3n) is 5.85. The first-order valence-electron chi connectivity index (χ1n) is 8.92. The van der Waals surface area contributed by atoms with E-state index < -0.39 is 0 Å². The van der Waals surface area contributed by atoms with Crippen LogP contribution < -0.4 is 5.32 Å². The third-order valence-corrected chi connectivity index (χ3v) is 5.85. The molecule has 2 bridgehead atoms. The van der Waals surface area contributed by atoms with Crippen molar-refractivity contribution in [3.8, 4) is 11.1 Å². The van der Waals surface area contributed by atoms with Crippen molar-refractivity contribution < 1.29 is 4.79 Å². The highest BCUT2D eigenvalue weighted by molar-refractivity contribution is 5.79. The summed E-state index contributed by atoms with van der Waals surface area (Å²) in [4.78, 5) is 15.2. The zero-order valence-corrected chi connectivity index (χ0v) is 14.4. The van der Waals surface area contributed by atoms with Gasteiger partial charge in [-0.05, 0) is 62.9 Å². The molecule has 0 aliphatic carbocycles. The molecule has 1 aromatic carbocycles. The summed E-state index contributed by atoms with van der Waals surface area (Å²) in [6, 6.07) is 11.0. The Labute approximate surface area is 143 Å². The minimum atomic E-state index is -0.0135. The number of nitrogens with one attached hydrogen (secondary N) is 1. The van der Waals surface area contributed by atoms with Crippen LogP contribution in [0.4, 0.5) is 4.79 Å². The molecule has 1 N–H and O–H groups in total. The fraction of sp³-hybridized carbons (Fsp3) is 0.450. The molecule has 0 spiro atoms. The summed E-state index contributed by atoms with van der Waals surface area (Å²) in [7, 11) is 0. The van der Waals surface area contributed by atoms with Gasteiger partial charge in [0.2, 0.25) is 0 Å². The van der Waals surface area contributed by atoms with Crippen molar-refractivity contribution in [3.05, 3.63) is 48.3 Å². The Bertz CT molecular complexity index is 741. The van der Waals surface area contributed by atoms with Crippen LogP contribution in [0.3, 0.4) is 0 Å². The SMILES string of the molecule is Cc1ccccc1-c1ccn(C(=O)N[C@@H]2C3CCN(CC3)[C@H]2C)c1. The average molecular weight is 323 g/mol. The standard InChI is InChI=1S/C20H25N3O/c1-14-5-3-4-6-18(14)17-9-12-23(13-17)20(24)21-19-15(2)22-10-7-16(19)8-11-22/h3-6,9,12-13,15-16,19H,7-8,10-11H2,1-2H3,(H,21,24)/t15-,19-/m0/s1. The number of amides is 1. The van der Waals surface area contributed by atoms with Crippen molar-refractivity contribution in [1.82, 2.24) is 14.8 Å². The lowest BCUT2D eigenvalue weighted by atomic mass is 9.79. The maximum atomic E-state index is 12.7. The predicted octanol–water partition coefficient (Wildman–Crippen LogP) is 3.50. The fourth-order valence-electron chi connectivity index (χ4n) is 4.34. The van der Waals surface area contributed by atoms with Crippen LogP contribution in [0.25, 0.3) is 11.1 Å². The third kappa shape index (κ3) is 2.65. The van der Waals surface area contributed by atoms with Crippen molar-refractivity contribution in [3.63, 3.8) is 0 Å². The lowest BCUT2D eigenvalue weighted by Crippen LogP contribution is -2.62. The van der Waals surface area contributed by atoms with E-state index in [-0.39, 0.29) is 12.1 Å². The van der Waals surface area contributed by atoms with E-state index in [0.29, 0.717) is 12.0 Å². The van der Waals surface area contributed by atoms with Gasteiger partial charge in [-0.1, -0.05) is 24.3 Å². The molecule has 0 saturated carbocycles. The van der Waals surface area contributed by atoms with Crippen molar-refractivity contribution in [1.29, 1.82) is 0 Å². The second kappa shape index (κ2) is 6.10. The van der Waals surface area contributed by atoms with E-state index in [1.165, 1.54) is 37.1 Å². The van der Waals surface area contributed by atoms with Gasteiger partial charge in [0.15, 0.2) is 0 Å². The molecule has 2 aromatic rings. The quantitative estimate of drug-likeness (QED) is 0.918. The number of hydrogen-bond donors (Lipinski definition) is 1. The molecule has 1 aromatic heterocycles. The monoisotopic (exact) mass is 323 g/mol. The van der Waals surface area contributed by atoms with E-state index in [2.05, 4.69) is 36.2 Å². The summed E-state index contributed by atoms with van der Waals surface area (Å²) in [5, 5.41) is 3.28. The highest BCUT2D eigenvalue weighted by Crippen LogP contribution is 2.32. The lowest BCUT2D eigenvalue weighted by Gasteiger charge is -2.49. The number of hydrogen-bond acceptors (Lipinski definition) is 2. The number of aryl methyl sites for hydroxylation is 1. The van der Waals surface area contributed by atoms with Gasteiger partial charge in [0.25, 0.3) is 0 Å². The van der Waals surface area contributed by atoms with Crippen LogP contribution in [0.1, 0.15) is 25.3 Å². The first-order valence-corrected chi connectivity index (χ1v) is 8.92. The molecule has 24 heavy (non-hydrogen) atoms. The number of carbonyl (C=O) groups excluding carboxylic acids is 1. The van der Waals surface area contributed by atoms with Gasteiger partial charge in [-0.2, -0.15) is 0 Å². The van der Waals surface area contributed by atoms with Crippen molar-refractivity contribution in [2.75, 3.05) is 13.1 Å². The molecule has 4 nitrogen and oxygen atoms in total. The molecule has 4 heteroatoms. The smallest absolute Gasteiger partial charge is 0.325 e. The Hall–Kier alpha value is -2.07. The van der Waals surface area contributed by atoms with Gasteiger partial charge < -0.3 is 5.32 Å². The number of piperidine rings is 3. The van der Waals surface area contributed by atoms with Crippen LogP contribution >= 0.6 is 0 Å². The van der Waals surface area contributed by atoms with Crippen LogP contribution in [0.5, 0.6) is 0 Å². The summed E-state index contributed by atoms with van der Waals surface area (Å²) in [5.41, 5.74) is 3.49. The molecule has 2 atom stereocenters. The molecule has 3 saturated heterocycles. The van der Waals surface area contributed by atoms with Gasteiger partial charge in [-0.15, -0.1) is 0 Å². The van der Waals surface area contributed by atoms with Crippen molar-refractivity contribution in [2.45, 2.75) is 38.8 Å². The van der Waals surface area contributed by atoms with E-state index in [4.69, 9.17) is 0 Å². The van der Waals surface area contributed by atoms with Crippen molar-refractivity contribution in [2.24, 2.45) is 5.92 Å². The summed E-state index contributed by atoms with van der Waals surface area (Å²) in [6.07, 6.45) is 6.21. The topological polar surface area (TPSA) is 37.3 Å². The van der Waals surface area contributed by atoms with E-state index >= 15 is 0 Å². The fourth-order valence-corrected chi connectivity index (χ4v) is 4.34. The molecule has 0 unspecified atom stereocenters. The second-order valence-corrected chi connectivity index (χ2v) is 7.21. The van der Waals surface area contributed by atoms with E-state index in [1.807, 2.05) is 30.6 Å². The predicted molar refractivity (Wildman–Crippen MR) is 96.1 cm³/mol. The van der Waals surface area contributed by atoms with Crippen LogP contribution in [0, 0.1) is 12.8 Å². The zero-order chi connectivity index (χ0) is 16.7. The highest BCUT2D eigenvalue weighted by atomic mass is 16.2. The molecule has 4 heterocycles. The summed E-state index contributed by atoms with van der Waals surface area (Å²) in [6.45, 7) is 6.70.